The molecule has 1 aromatic rings. The summed E-state index contributed by atoms with van der Waals surface area (Å²) < 4.78 is 34.3. The summed E-state index contributed by atoms with van der Waals surface area (Å²) >= 11 is 3.13. The highest BCUT2D eigenvalue weighted by atomic mass is 79.9. The van der Waals surface area contributed by atoms with Crippen LogP contribution in [0.25, 0.3) is 0 Å². The van der Waals surface area contributed by atoms with Gasteiger partial charge in [0.15, 0.2) is 11.6 Å². The first-order valence-corrected chi connectivity index (χ1v) is 8.38. The molecular weight excluding hydrogens is 356 g/mol. The van der Waals surface area contributed by atoms with Crippen LogP contribution in [-0.4, -0.2) is 18.4 Å². The Morgan fingerprint density at radius 2 is 2.09 bits per heavy atom. The summed E-state index contributed by atoms with van der Waals surface area (Å²) in [5.41, 5.74) is 0.798. The minimum atomic E-state index is -0.929. The standard InChI is InChI=1S/C16H18BrF2NO2/c1-8-9(5-6-21)7-11-15(20-8)14(19)13(18)12(17)16(11)22-10-3-2-4-10/h6,8-10,20H,2-5,7H2,1H3/t8-,9?/m0/s1. The third-order valence-corrected chi connectivity index (χ3v) is 5.37. The van der Waals surface area contributed by atoms with Crippen LogP contribution in [0.5, 0.6) is 5.75 Å². The monoisotopic (exact) mass is 373 g/mol. The number of nitrogens with one attached hydrogen (secondary N) is 1. The van der Waals surface area contributed by atoms with Gasteiger partial charge in [-0.3, -0.25) is 0 Å². The van der Waals surface area contributed by atoms with Crippen molar-refractivity contribution in [2.45, 2.75) is 51.2 Å². The molecule has 3 nitrogen and oxygen atoms in total. The van der Waals surface area contributed by atoms with E-state index in [1.165, 1.54) is 0 Å². The fraction of sp³-hybridized carbons (Fsp3) is 0.562. The molecule has 0 radical (unpaired) electrons. The maximum Gasteiger partial charge on any atom is 0.183 e. The number of rotatable bonds is 4. The lowest BCUT2D eigenvalue weighted by atomic mass is 9.85. The molecule has 1 saturated carbocycles. The fourth-order valence-corrected chi connectivity index (χ4v) is 3.51. The van der Waals surface area contributed by atoms with Crippen LogP contribution in [0, 0.1) is 17.6 Å². The van der Waals surface area contributed by atoms with Crippen molar-refractivity contribution in [1.82, 2.24) is 0 Å². The molecular formula is C16H18BrF2NO2. The van der Waals surface area contributed by atoms with E-state index in [0.717, 1.165) is 25.5 Å². The first-order chi connectivity index (χ1) is 10.5. The van der Waals surface area contributed by atoms with Crippen LogP contribution in [0.3, 0.4) is 0 Å². The van der Waals surface area contributed by atoms with E-state index in [0.29, 0.717) is 24.2 Å². The molecule has 1 aliphatic heterocycles. The van der Waals surface area contributed by atoms with Crippen LogP contribution in [0.1, 0.15) is 38.2 Å². The number of anilines is 1. The van der Waals surface area contributed by atoms with Crippen molar-refractivity contribution in [2.75, 3.05) is 5.32 Å². The molecule has 22 heavy (non-hydrogen) atoms. The van der Waals surface area contributed by atoms with Gasteiger partial charge in [0.05, 0.1) is 16.3 Å². The number of carbonyl (C=O) groups excluding carboxylic acids is 1. The third kappa shape index (κ3) is 2.62. The van der Waals surface area contributed by atoms with Crippen molar-refractivity contribution < 1.29 is 18.3 Å². The van der Waals surface area contributed by atoms with E-state index in [2.05, 4.69) is 21.2 Å². The lowest BCUT2D eigenvalue weighted by Gasteiger charge is -2.35. The summed E-state index contributed by atoms with van der Waals surface area (Å²) in [6, 6.07) is -0.0932. The lowest BCUT2D eigenvalue weighted by molar-refractivity contribution is -0.108. The average molecular weight is 374 g/mol. The number of aldehydes is 1. The molecule has 0 amide bonds. The van der Waals surface area contributed by atoms with Gasteiger partial charge >= 0.3 is 0 Å². The van der Waals surface area contributed by atoms with E-state index in [9.17, 15) is 13.6 Å². The number of fused-ring (bicyclic) bond motifs is 1. The highest BCUT2D eigenvalue weighted by molar-refractivity contribution is 9.10. The van der Waals surface area contributed by atoms with Crippen LogP contribution in [0.2, 0.25) is 0 Å². The quantitative estimate of drug-likeness (QED) is 0.634. The van der Waals surface area contributed by atoms with E-state index in [1.54, 1.807) is 0 Å². The van der Waals surface area contributed by atoms with Crippen molar-refractivity contribution in [3.05, 3.63) is 21.7 Å². The first kappa shape index (κ1) is 15.7. The van der Waals surface area contributed by atoms with Gasteiger partial charge < -0.3 is 14.8 Å². The second-order valence-corrected chi connectivity index (χ2v) is 6.89. The zero-order chi connectivity index (χ0) is 15.9. The maximum absolute atomic E-state index is 14.3. The van der Waals surface area contributed by atoms with Crippen molar-refractivity contribution in [3.8, 4) is 5.75 Å². The van der Waals surface area contributed by atoms with Crippen LogP contribution < -0.4 is 10.1 Å². The Hall–Kier alpha value is -1.17. The summed E-state index contributed by atoms with van der Waals surface area (Å²) in [5, 5.41) is 3.01. The molecule has 3 rings (SSSR count). The van der Waals surface area contributed by atoms with Gasteiger partial charge in [0.1, 0.15) is 12.0 Å². The number of halogens is 3. The minimum Gasteiger partial charge on any atom is -0.489 e. The molecule has 2 aliphatic rings. The SMILES string of the molecule is C[C@@H]1Nc2c(F)c(F)c(Br)c(OC3CCC3)c2CC1CC=O. The summed E-state index contributed by atoms with van der Waals surface area (Å²) in [7, 11) is 0. The molecule has 0 spiro atoms. The molecule has 0 saturated heterocycles. The van der Waals surface area contributed by atoms with Crippen molar-refractivity contribution in [2.24, 2.45) is 5.92 Å². The molecule has 1 aliphatic carbocycles. The smallest absolute Gasteiger partial charge is 0.183 e. The Bertz CT molecular complexity index is 605. The van der Waals surface area contributed by atoms with E-state index < -0.39 is 11.6 Å². The molecule has 1 fully saturated rings. The number of ether oxygens (including phenoxy) is 1. The summed E-state index contributed by atoms with van der Waals surface area (Å²) in [6.07, 6.45) is 4.78. The highest BCUT2D eigenvalue weighted by Crippen LogP contribution is 2.45. The third-order valence-electron chi connectivity index (χ3n) is 4.66. The molecule has 6 heteroatoms. The average Bonchev–Trinajstić information content (AvgIpc) is 2.45. The van der Waals surface area contributed by atoms with Gasteiger partial charge in [-0.05, 0) is 54.5 Å². The predicted octanol–water partition coefficient (Wildman–Crippen LogP) is 4.22. The Labute approximate surface area is 136 Å². The number of hydrogen-bond donors (Lipinski definition) is 1. The maximum atomic E-state index is 14.3. The fourth-order valence-electron chi connectivity index (χ4n) is 3.00. The predicted molar refractivity (Wildman–Crippen MR) is 83.3 cm³/mol. The van der Waals surface area contributed by atoms with E-state index >= 15 is 0 Å². The Morgan fingerprint density at radius 3 is 2.68 bits per heavy atom. The molecule has 1 aromatic carbocycles. The second-order valence-electron chi connectivity index (χ2n) is 6.09. The molecule has 1 heterocycles. The Balaban J connectivity index is 2.04. The minimum absolute atomic E-state index is 0.0388. The summed E-state index contributed by atoms with van der Waals surface area (Å²) in [4.78, 5) is 10.8. The Kier molecular flexibility index (Phi) is 4.39. The molecule has 120 valence electrons. The van der Waals surface area contributed by atoms with Crippen LogP contribution in [0.15, 0.2) is 4.47 Å². The molecule has 2 atom stereocenters. The summed E-state index contributed by atoms with van der Waals surface area (Å²) in [5.74, 6) is -1.39. The van der Waals surface area contributed by atoms with Gasteiger partial charge in [0.25, 0.3) is 0 Å². The number of benzene rings is 1. The number of hydrogen-bond acceptors (Lipinski definition) is 3. The zero-order valence-corrected chi connectivity index (χ0v) is 13.9. The van der Waals surface area contributed by atoms with Gasteiger partial charge in [-0.1, -0.05) is 0 Å². The van der Waals surface area contributed by atoms with Gasteiger partial charge in [0, 0.05) is 18.0 Å². The Morgan fingerprint density at radius 1 is 1.36 bits per heavy atom. The van der Waals surface area contributed by atoms with Crippen molar-refractivity contribution in [3.63, 3.8) is 0 Å². The van der Waals surface area contributed by atoms with E-state index in [4.69, 9.17) is 4.74 Å². The van der Waals surface area contributed by atoms with E-state index in [1.807, 2.05) is 6.92 Å². The van der Waals surface area contributed by atoms with Crippen LogP contribution in [0.4, 0.5) is 14.5 Å². The van der Waals surface area contributed by atoms with Gasteiger partial charge in [-0.2, -0.15) is 0 Å². The van der Waals surface area contributed by atoms with Crippen molar-refractivity contribution >= 4 is 27.9 Å². The highest BCUT2D eigenvalue weighted by Gasteiger charge is 2.34. The normalized spacial score (nSPS) is 24.2. The molecule has 1 N–H and O–H groups in total. The van der Waals surface area contributed by atoms with Gasteiger partial charge in [-0.25, -0.2) is 8.78 Å². The van der Waals surface area contributed by atoms with E-state index in [-0.39, 0.29) is 28.2 Å². The largest absolute Gasteiger partial charge is 0.489 e. The van der Waals surface area contributed by atoms with Crippen molar-refractivity contribution in [1.29, 1.82) is 0 Å². The van der Waals surface area contributed by atoms with Gasteiger partial charge in [0.2, 0.25) is 0 Å². The topological polar surface area (TPSA) is 38.3 Å². The number of carbonyl (C=O) groups is 1. The molecule has 1 unspecified atom stereocenters. The second kappa shape index (κ2) is 6.14. The molecule has 0 bridgehead atoms. The lowest BCUT2D eigenvalue weighted by Crippen LogP contribution is -2.34. The summed E-state index contributed by atoms with van der Waals surface area (Å²) in [6.45, 7) is 1.88. The van der Waals surface area contributed by atoms with Crippen LogP contribution >= 0.6 is 15.9 Å². The van der Waals surface area contributed by atoms with Crippen LogP contribution in [-0.2, 0) is 11.2 Å². The molecule has 0 aromatic heterocycles. The zero-order valence-electron chi connectivity index (χ0n) is 12.3. The van der Waals surface area contributed by atoms with Gasteiger partial charge in [-0.15, -0.1) is 0 Å². The first-order valence-electron chi connectivity index (χ1n) is 7.59.